The van der Waals surface area contributed by atoms with Gasteiger partial charge in [0.05, 0.1) is 0 Å². The summed E-state index contributed by atoms with van der Waals surface area (Å²) < 4.78 is 0. The molecule has 0 radical (unpaired) electrons. The first-order chi connectivity index (χ1) is 7.31. The van der Waals surface area contributed by atoms with Gasteiger partial charge in [0, 0.05) is 18.5 Å². The maximum atomic E-state index is 11.1. The van der Waals surface area contributed by atoms with Gasteiger partial charge >= 0.3 is 0 Å². The van der Waals surface area contributed by atoms with Gasteiger partial charge < -0.3 is 4.98 Å². The number of pyridine rings is 1. The van der Waals surface area contributed by atoms with E-state index in [1.807, 2.05) is 19.1 Å². The van der Waals surface area contributed by atoms with Crippen molar-refractivity contribution in [3.05, 3.63) is 46.5 Å². The van der Waals surface area contributed by atoms with Crippen LogP contribution in [0.15, 0.2) is 35.4 Å². The highest BCUT2D eigenvalue weighted by atomic mass is 16.1. The molecule has 0 aliphatic carbocycles. The van der Waals surface area contributed by atoms with E-state index in [1.54, 1.807) is 6.20 Å². The van der Waals surface area contributed by atoms with Crippen LogP contribution in [0.3, 0.4) is 0 Å². The third-order valence-corrected chi connectivity index (χ3v) is 2.17. The number of aromatic nitrogens is 3. The molecular weight excluding hydrogens is 190 g/mol. The largest absolute Gasteiger partial charge is 0.305 e. The lowest BCUT2D eigenvalue weighted by Crippen LogP contribution is -2.07. The average molecular weight is 201 g/mol. The molecule has 76 valence electrons. The Kier molecular flexibility index (Phi) is 2.58. The van der Waals surface area contributed by atoms with Gasteiger partial charge in [-0.3, -0.25) is 9.78 Å². The Morgan fingerprint density at radius 3 is 2.87 bits per heavy atom. The standard InChI is InChI=1S/C11H11N3O/c1-2-8-4-3-6-12-10(8)11-13-7-5-9(15)14-11/h3-7H,2H2,1H3,(H,13,14,15). The molecule has 4 nitrogen and oxygen atoms in total. The molecule has 2 heterocycles. The van der Waals surface area contributed by atoms with Crippen LogP contribution in [0.5, 0.6) is 0 Å². The van der Waals surface area contributed by atoms with Crippen molar-refractivity contribution < 1.29 is 0 Å². The summed E-state index contributed by atoms with van der Waals surface area (Å²) >= 11 is 0. The number of hydrogen-bond acceptors (Lipinski definition) is 3. The van der Waals surface area contributed by atoms with Crippen LogP contribution in [-0.2, 0) is 6.42 Å². The molecular formula is C11H11N3O. The van der Waals surface area contributed by atoms with Gasteiger partial charge in [0.25, 0.3) is 5.56 Å². The number of rotatable bonds is 2. The number of aromatic amines is 1. The third-order valence-electron chi connectivity index (χ3n) is 2.17. The van der Waals surface area contributed by atoms with Crippen LogP contribution < -0.4 is 5.56 Å². The molecule has 2 aromatic heterocycles. The van der Waals surface area contributed by atoms with E-state index in [0.717, 1.165) is 17.7 Å². The third kappa shape index (κ3) is 1.93. The topological polar surface area (TPSA) is 58.6 Å². The van der Waals surface area contributed by atoms with Gasteiger partial charge in [-0.15, -0.1) is 0 Å². The molecule has 2 aromatic rings. The lowest BCUT2D eigenvalue weighted by atomic mass is 10.1. The van der Waals surface area contributed by atoms with Gasteiger partial charge in [-0.25, -0.2) is 4.98 Å². The normalized spacial score (nSPS) is 10.2. The molecule has 0 aliphatic heterocycles. The van der Waals surface area contributed by atoms with Crippen LogP contribution in [0.1, 0.15) is 12.5 Å². The van der Waals surface area contributed by atoms with Gasteiger partial charge in [-0.1, -0.05) is 13.0 Å². The van der Waals surface area contributed by atoms with Gasteiger partial charge in [0.2, 0.25) is 0 Å². The molecule has 0 saturated heterocycles. The minimum Gasteiger partial charge on any atom is -0.305 e. The molecule has 0 atom stereocenters. The van der Waals surface area contributed by atoms with Crippen LogP contribution in [0.4, 0.5) is 0 Å². The molecule has 1 N–H and O–H groups in total. The van der Waals surface area contributed by atoms with E-state index in [-0.39, 0.29) is 5.56 Å². The molecule has 0 spiro atoms. The van der Waals surface area contributed by atoms with Gasteiger partial charge in [0.1, 0.15) is 5.69 Å². The number of nitrogens with one attached hydrogen (secondary N) is 1. The zero-order valence-electron chi connectivity index (χ0n) is 8.40. The Morgan fingerprint density at radius 2 is 2.13 bits per heavy atom. The summed E-state index contributed by atoms with van der Waals surface area (Å²) in [7, 11) is 0. The smallest absolute Gasteiger partial charge is 0.251 e. The highest BCUT2D eigenvalue weighted by Crippen LogP contribution is 2.15. The zero-order chi connectivity index (χ0) is 10.7. The minimum absolute atomic E-state index is 0.160. The summed E-state index contributed by atoms with van der Waals surface area (Å²) in [5.41, 5.74) is 1.66. The molecule has 4 heteroatoms. The predicted octanol–water partition coefficient (Wildman–Crippen LogP) is 1.39. The summed E-state index contributed by atoms with van der Waals surface area (Å²) in [5.74, 6) is 0.528. The predicted molar refractivity (Wildman–Crippen MR) is 57.5 cm³/mol. The van der Waals surface area contributed by atoms with Gasteiger partial charge in [-0.05, 0) is 18.1 Å². The van der Waals surface area contributed by atoms with Crippen molar-refractivity contribution in [3.63, 3.8) is 0 Å². The first kappa shape index (κ1) is 9.58. The fourth-order valence-corrected chi connectivity index (χ4v) is 1.43. The zero-order valence-corrected chi connectivity index (χ0v) is 8.40. The fourth-order valence-electron chi connectivity index (χ4n) is 1.43. The summed E-state index contributed by atoms with van der Waals surface area (Å²) in [5, 5.41) is 0. The first-order valence-corrected chi connectivity index (χ1v) is 4.81. The van der Waals surface area contributed by atoms with Gasteiger partial charge in [0.15, 0.2) is 5.82 Å². The summed E-state index contributed by atoms with van der Waals surface area (Å²) in [6, 6.07) is 5.25. The van der Waals surface area contributed by atoms with E-state index < -0.39 is 0 Å². The summed E-state index contributed by atoms with van der Waals surface area (Å²) in [6.07, 6.45) is 4.05. The van der Waals surface area contributed by atoms with Crippen molar-refractivity contribution >= 4 is 0 Å². The second kappa shape index (κ2) is 4.04. The van der Waals surface area contributed by atoms with Gasteiger partial charge in [-0.2, -0.15) is 0 Å². The van der Waals surface area contributed by atoms with E-state index in [1.165, 1.54) is 12.3 Å². The minimum atomic E-state index is -0.160. The molecule has 0 aliphatic rings. The number of nitrogens with zero attached hydrogens (tertiary/aromatic N) is 2. The van der Waals surface area contributed by atoms with Crippen LogP contribution in [0.2, 0.25) is 0 Å². The number of hydrogen-bond donors (Lipinski definition) is 1. The highest BCUT2D eigenvalue weighted by molar-refractivity contribution is 5.53. The van der Waals surface area contributed by atoms with Crippen molar-refractivity contribution in [2.45, 2.75) is 13.3 Å². The highest BCUT2D eigenvalue weighted by Gasteiger charge is 2.05. The Labute approximate surface area is 87.0 Å². The van der Waals surface area contributed by atoms with Crippen molar-refractivity contribution in [3.8, 4) is 11.5 Å². The van der Waals surface area contributed by atoms with Crippen LogP contribution in [0, 0.1) is 0 Å². The Hall–Kier alpha value is -1.97. The molecule has 0 fully saturated rings. The van der Waals surface area contributed by atoms with Crippen molar-refractivity contribution in [2.75, 3.05) is 0 Å². The van der Waals surface area contributed by atoms with E-state index >= 15 is 0 Å². The SMILES string of the molecule is CCc1cccnc1-c1nccc(=O)[nH]1. The molecule has 0 amide bonds. The summed E-state index contributed by atoms with van der Waals surface area (Å²) in [6.45, 7) is 2.04. The second-order valence-electron chi connectivity index (χ2n) is 3.15. The van der Waals surface area contributed by atoms with E-state index in [2.05, 4.69) is 15.0 Å². The monoisotopic (exact) mass is 201 g/mol. The lowest BCUT2D eigenvalue weighted by molar-refractivity contribution is 1.05. The number of H-pyrrole nitrogens is 1. The maximum absolute atomic E-state index is 11.1. The Morgan fingerprint density at radius 1 is 1.27 bits per heavy atom. The van der Waals surface area contributed by atoms with Crippen molar-refractivity contribution in [1.82, 2.24) is 15.0 Å². The average Bonchev–Trinajstić information content (AvgIpc) is 2.29. The van der Waals surface area contributed by atoms with E-state index in [4.69, 9.17) is 0 Å². The maximum Gasteiger partial charge on any atom is 0.251 e. The first-order valence-electron chi connectivity index (χ1n) is 4.81. The second-order valence-corrected chi connectivity index (χ2v) is 3.15. The Balaban J connectivity index is 2.58. The van der Waals surface area contributed by atoms with Crippen molar-refractivity contribution in [2.24, 2.45) is 0 Å². The molecule has 15 heavy (non-hydrogen) atoms. The summed E-state index contributed by atoms with van der Waals surface area (Å²) in [4.78, 5) is 22.1. The van der Waals surface area contributed by atoms with Crippen LogP contribution in [0.25, 0.3) is 11.5 Å². The molecule has 0 saturated carbocycles. The number of aryl methyl sites for hydroxylation is 1. The molecule has 2 rings (SSSR count). The van der Waals surface area contributed by atoms with Crippen molar-refractivity contribution in [1.29, 1.82) is 0 Å². The fraction of sp³-hybridized carbons (Fsp3) is 0.182. The molecule has 0 unspecified atom stereocenters. The quantitative estimate of drug-likeness (QED) is 0.798. The van der Waals surface area contributed by atoms with E-state index in [0.29, 0.717) is 5.82 Å². The van der Waals surface area contributed by atoms with E-state index in [9.17, 15) is 4.79 Å². The molecule has 0 bridgehead atoms. The molecule has 0 aromatic carbocycles. The Bertz CT molecular complexity index is 519. The lowest BCUT2D eigenvalue weighted by Gasteiger charge is -2.04. The van der Waals surface area contributed by atoms with Crippen LogP contribution >= 0.6 is 0 Å². The van der Waals surface area contributed by atoms with Crippen LogP contribution in [-0.4, -0.2) is 15.0 Å².